The molecule has 0 saturated carbocycles. The Morgan fingerprint density at radius 1 is 1.53 bits per heavy atom. The van der Waals surface area contributed by atoms with Crippen LogP contribution in [0.25, 0.3) is 0 Å². The van der Waals surface area contributed by atoms with Crippen molar-refractivity contribution in [1.82, 2.24) is 15.2 Å². The smallest absolute Gasteiger partial charge is 0.260 e. The van der Waals surface area contributed by atoms with Crippen molar-refractivity contribution < 1.29 is 9.90 Å². The largest absolute Gasteiger partial charge is 0.505 e. The number of hydrogen-bond acceptors (Lipinski definition) is 5. The van der Waals surface area contributed by atoms with E-state index in [0.717, 1.165) is 6.20 Å². The molecule has 0 aliphatic rings. The summed E-state index contributed by atoms with van der Waals surface area (Å²) in [4.78, 5) is 15.4. The Hall–Kier alpha value is -2.88. The summed E-state index contributed by atoms with van der Waals surface area (Å²) in [6, 6.07) is 3.23. The van der Waals surface area contributed by atoms with Gasteiger partial charge in [-0.25, -0.2) is 0 Å². The SMILES string of the molecule is N#Cc1cn[nH]c1NC(=O)c1ccncc1O. The van der Waals surface area contributed by atoms with Gasteiger partial charge in [-0.15, -0.1) is 0 Å². The average Bonchev–Trinajstić information content (AvgIpc) is 2.76. The van der Waals surface area contributed by atoms with Gasteiger partial charge < -0.3 is 10.4 Å². The molecule has 17 heavy (non-hydrogen) atoms. The third-order valence-electron chi connectivity index (χ3n) is 2.04. The minimum absolute atomic E-state index is 0.0680. The highest BCUT2D eigenvalue weighted by Gasteiger charge is 2.13. The van der Waals surface area contributed by atoms with E-state index in [4.69, 9.17) is 5.26 Å². The molecule has 0 fully saturated rings. The highest BCUT2D eigenvalue weighted by Crippen LogP contribution is 2.16. The van der Waals surface area contributed by atoms with Gasteiger partial charge >= 0.3 is 0 Å². The zero-order chi connectivity index (χ0) is 12.3. The minimum Gasteiger partial charge on any atom is -0.505 e. The van der Waals surface area contributed by atoms with Crippen LogP contribution in [0.1, 0.15) is 15.9 Å². The lowest BCUT2D eigenvalue weighted by Crippen LogP contribution is -2.13. The number of carbonyl (C=O) groups is 1. The van der Waals surface area contributed by atoms with E-state index in [2.05, 4.69) is 20.5 Å². The van der Waals surface area contributed by atoms with Crippen molar-refractivity contribution in [3.8, 4) is 11.8 Å². The lowest BCUT2D eigenvalue weighted by atomic mass is 10.2. The molecule has 0 aromatic carbocycles. The number of nitrogens with zero attached hydrogens (tertiary/aromatic N) is 3. The van der Waals surface area contributed by atoms with Gasteiger partial charge in [0.25, 0.3) is 5.91 Å². The Bertz CT molecular complexity index is 599. The molecular weight excluding hydrogens is 222 g/mol. The number of anilines is 1. The number of nitrogens with one attached hydrogen (secondary N) is 2. The molecule has 2 heterocycles. The summed E-state index contributed by atoms with van der Waals surface area (Å²) in [6.07, 6.45) is 3.84. The predicted octanol–water partition coefficient (Wildman–Crippen LogP) is 0.634. The molecule has 3 N–H and O–H groups in total. The van der Waals surface area contributed by atoms with Crippen LogP contribution in [0.5, 0.6) is 5.75 Å². The van der Waals surface area contributed by atoms with Gasteiger partial charge in [0.1, 0.15) is 23.2 Å². The Morgan fingerprint density at radius 3 is 3.06 bits per heavy atom. The summed E-state index contributed by atoms with van der Waals surface area (Å²) in [5.41, 5.74) is 0.283. The van der Waals surface area contributed by atoms with Gasteiger partial charge in [-0.1, -0.05) is 0 Å². The fourth-order valence-electron chi connectivity index (χ4n) is 1.23. The molecule has 2 rings (SSSR count). The second-order valence-corrected chi connectivity index (χ2v) is 3.12. The lowest BCUT2D eigenvalue weighted by Gasteiger charge is -2.04. The fourth-order valence-corrected chi connectivity index (χ4v) is 1.23. The maximum atomic E-state index is 11.7. The van der Waals surface area contributed by atoms with Crippen molar-refractivity contribution in [3.05, 3.63) is 35.8 Å². The monoisotopic (exact) mass is 229 g/mol. The number of aromatic hydroxyl groups is 1. The Morgan fingerprint density at radius 2 is 2.35 bits per heavy atom. The van der Waals surface area contributed by atoms with Gasteiger partial charge in [-0.2, -0.15) is 10.4 Å². The molecule has 0 spiro atoms. The third kappa shape index (κ3) is 2.05. The first-order valence-electron chi connectivity index (χ1n) is 4.60. The molecule has 0 unspecified atom stereocenters. The Balaban J connectivity index is 2.24. The number of aromatic nitrogens is 3. The molecule has 7 heteroatoms. The van der Waals surface area contributed by atoms with Crippen LogP contribution in [0, 0.1) is 11.3 Å². The van der Waals surface area contributed by atoms with Crippen LogP contribution >= 0.6 is 0 Å². The zero-order valence-electron chi connectivity index (χ0n) is 8.51. The number of carbonyl (C=O) groups excluding carboxylic acids is 1. The van der Waals surface area contributed by atoms with Gasteiger partial charge in [0.05, 0.1) is 18.0 Å². The maximum absolute atomic E-state index is 11.7. The fraction of sp³-hybridized carbons (Fsp3) is 0. The Labute approximate surface area is 95.7 Å². The van der Waals surface area contributed by atoms with E-state index in [0.29, 0.717) is 0 Å². The molecule has 0 aliphatic carbocycles. The molecule has 84 valence electrons. The highest BCUT2D eigenvalue weighted by molar-refractivity contribution is 6.05. The van der Waals surface area contributed by atoms with E-state index >= 15 is 0 Å². The average molecular weight is 229 g/mol. The molecule has 0 radical (unpaired) electrons. The molecule has 0 aliphatic heterocycles. The molecule has 2 aromatic rings. The predicted molar refractivity (Wildman–Crippen MR) is 57.2 cm³/mol. The number of pyridine rings is 1. The number of aromatic amines is 1. The van der Waals surface area contributed by atoms with Gasteiger partial charge in [-0.3, -0.25) is 14.9 Å². The summed E-state index contributed by atoms with van der Waals surface area (Å²) in [7, 11) is 0. The van der Waals surface area contributed by atoms with Crippen LogP contribution in [-0.4, -0.2) is 26.2 Å². The second-order valence-electron chi connectivity index (χ2n) is 3.12. The molecular formula is C10H7N5O2. The van der Waals surface area contributed by atoms with Crippen LogP contribution in [0.3, 0.4) is 0 Å². The van der Waals surface area contributed by atoms with Gasteiger partial charge in [0.15, 0.2) is 0 Å². The molecule has 2 aromatic heterocycles. The van der Waals surface area contributed by atoms with E-state index in [1.54, 1.807) is 0 Å². The van der Waals surface area contributed by atoms with Gasteiger partial charge in [0, 0.05) is 6.20 Å². The molecule has 1 amide bonds. The normalized spacial score (nSPS) is 9.59. The van der Waals surface area contributed by atoms with Crippen LogP contribution in [-0.2, 0) is 0 Å². The maximum Gasteiger partial charge on any atom is 0.260 e. The minimum atomic E-state index is -0.550. The first-order valence-corrected chi connectivity index (χ1v) is 4.60. The first kappa shape index (κ1) is 10.6. The lowest BCUT2D eigenvalue weighted by molar-refractivity contribution is 0.102. The van der Waals surface area contributed by atoms with Crippen LogP contribution in [0.15, 0.2) is 24.7 Å². The zero-order valence-corrected chi connectivity index (χ0v) is 8.51. The molecule has 7 nitrogen and oxygen atoms in total. The van der Waals surface area contributed by atoms with Crippen molar-refractivity contribution in [2.24, 2.45) is 0 Å². The topological polar surface area (TPSA) is 115 Å². The van der Waals surface area contributed by atoms with Gasteiger partial charge in [-0.05, 0) is 6.07 Å². The van der Waals surface area contributed by atoms with Crippen molar-refractivity contribution in [3.63, 3.8) is 0 Å². The standard InChI is InChI=1S/C10H7N5O2/c11-3-6-4-13-15-9(6)14-10(17)7-1-2-12-5-8(7)16/h1-2,4-5,16H,(H2,13,14,15,17). The summed E-state index contributed by atoms with van der Waals surface area (Å²) in [5, 5.41) is 26.7. The molecule has 0 bridgehead atoms. The quantitative estimate of drug-likeness (QED) is 0.698. The summed E-state index contributed by atoms with van der Waals surface area (Å²) >= 11 is 0. The van der Waals surface area contributed by atoms with Gasteiger partial charge in [0.2, 0.25) is 0 Å². The second kappa shape index (κ2) is 4.32. The van der Waals surface area contributed by atoms with Crippen LogP contribution in [0.2, 0.25) is 0 Å². The summed E-state index contributed by atoms with van der Waals surface area (Å²) in [6.45, 7) is 0. The van der Waals surface area contributed by atoms with Crippen LogP contribution < -0.4 is 5.32 Å². The summed E-state index contributed by atoms with van der Waals surface area (Å²) < 4.78 is 0. The van der Waals surface area contributed by atoms with E-state index in [9.17, 15) is 9.90 Å². The molecule has 0 saturated heterocycles. The van der Waals surface area contributed by atoms with Crippen molar-refractivity contribution in [2.75, 3.05) is 5.32 Å². The third-order valence-corrected chi connectivity index (χ3v) is 2.04. The Kier molecular flexibility index (Phi) is 2.70. The van der Waals surface area contributed by atoms with Crippen molar-refractivity contribution in [1.29, 1.82) is 5.26 Å². The van der Waals surface area contributed by atoms with E-state index in [1.807, 2.05) is 6.07 Å². The van der Waals surface area contributed by atoms with Crippen molar-refractivity contribution >= 4 is 11.7 Å². The van der Waals surface area contributed by atoms with E-state index in [-0.39, 0.29) is 22.7 Å². The first-order chi connectivity index (χ1) is 8.22. The molecule has 0 atom stereocenters. The highest BCUT2D eigenvalue weighted by atomic mass is 16.3. The number of amides is 1. The van der Waals surface area contributed by atoms with E-state index in [1.165, 1.54) is 18.5 Å². The summed E-state index contributed by atoms with van der Waals surface area (Å²) in [5.74, 6) is -0.595. The number of H-pyrrole nitrogens is 1. The number of rotatable bonds is 2. The van der Waals surface area contributed by atoms with Crippen molar-refractivity contribution in [2.45, 2.75) is 0 Å². The number of nitriles is 1. The number of hydrogen-bond donors (Lipinski definition) is 3. The van der Waals surface area contributed by atoms with Crippen LogP contribution in [0.4, 0.5) is 5.82 Å². The van der Waals surface area contributed by atoms with E-state index < -0.39 is 5.91 Å².